The Morgan fingerprint density at radius 3 is 2.58 bits per heavy atom. The maximum Gasteiger partial charge on any atom is 0.163 e. The fourth-order valence-corrected chi connectivity index (χ4v) is 2.25. The first-order valence-corrected chi connectivity index (χ1v) is 6.39. The van der Waals surface area contributed by atoms with Crippen LogP contribution in [0.2, 0.25) is 0 Å². The van der Waals surface area contributed by atoms with Crippen LogP contribution in [0.4, 0.5) is 5.69 Å². The van der Waals surface area contributed by atoms with Crippen LogP contribution in [0.3, 0.4) is 0 Å². The van der Waals surface area contributed by atoms with Crippen molar-refractivity contribution in [3.63, 3.8) is 0 Å². The van der Waals surface area contributed by atoms with E-state index in [-0.39, 0.29) is 0 Å². The van der Waals surface area contributed by atoms with Gasteiger partial charge < -0.3 is 19.8 Å². The molecule has 19 heavy (non-hydrogen) atoms. The van der Waals surface area contributed by atoms with Gasteiger partial charge in [0.1, 0.15) is 19.0 Å². The lowest BCUT2D eigenvalue weighted by atomic mass is 10.2. The summed E-state index contributed by atoms with van der Waals surface area (Å²) in [6, 6.07) is 3.73. The number of fused-ring (bicyclic) bond motifs is 1. The third kappa shape index (κ3) is 2.01. The molecular weight excluding hydrogens is 242 g/mol. The molecule has 0 atom stereocenters. The molecule has 0 saturated carbocycles. The standard InChI is InChI=1S/C14H17N3O2/c1-9(2)14-16-3-4-17(14)11-8-13-12(7-10(11)15)18-5-6-19-13/h3-4,7-9H,5-6,15H2,1-2H3. The lowest BCUT2D eigenvalue weighted by Gasteiger charge is -2.21. The van der Waals surface area contributed by atoms with E-state index in [0.717, 1.165) is 17.3 Å². The maximum atomic E-state index is 6.12. The predicted octanol–water partition coefficient (Wildman–Crippen LogP) is 2.35. The summed E-state index contributed by atoms with van der Waals surface area (Å²) >= 11 is 0. The molecule has 0 aliphatic carbocycles. The Bertz CT molecular complexity index is 605. The minimum absolute atomic E-state index is 0.322. The monoisotopic (exact) mass is 259 g/mol. The van der Waals surface area contributed by atoms with Crippen molar-refractivity contribution in [1.82, 2.24) is 9.55 Å². The summed E-state index contributed by atoms with van der Waals surface area (Å²) in [6.07, 6.45) is 3.70. The molecular formula is C14H17N3O2. The second-order valence-corrected chi connectivity index (χ2v) is 4.86. The van der Waals surface area contributed by atoms with Gasteiger partial charge >= 0.3 is 0 Å². The Morgan fingerprint density at radius 2 is 1.89 bits per heavy atom. The lowest BCUT2D eigenvalue weighted by Crippen LogP contribution is -2.16. The van der Waals surface area contributed by atoms with E-state index in [1.165, 1.54) is 0 Å². The molecule has 2 N–H and O–H groups in total. The highest BCUT2D eigenvalue weighted by atomic mass is 16.6. The first-order valence-electron chi connectivity index (χ1n) is 6.39. The first kappa shape index (κ1) is 11.9. The Morgan fingerprint density at radius 1 is 1.21 bits per heavy atom. The molecule has 0 unspecified atom stereocenters. The molecule has 0 fully saturated rings. The van der Waals surface area contributed by atoms with Crippen LogP contribution in [0.1, 0.15) is 25.6 Å². The SMILES string of the molecule is CC(C)c1nccn1-c1cc2c(cc1N)OCCO2. The highest BCUT2D eigenvalue weighted by Gasteiger charge is 2.17. The normalized spacial score (nSPS) is 13.8. The zero-order valence-corrected chi connectivity index (χ0v) is 11.1. The number of nitrogen functional groups attached to an aromatic ring is 1. The second-order valence-electron chi connectivity index (χ2n) is 4.86. The fourth-order valence-electron chi connectivity index (χ4n) is 2.25. The number of anilines is 1. The van der Waals surface area contributed by atoms with Crippen molar-refractivity contribution in [2.75, 3.05) is 18.9 Å². The van der Waals surface area contributed by atoms with E-state index in [9.17, 15) is 0 Å². The molecule has 5 nitrogen and oxygen atoms in total. The predicted molar refractivity (Wildman–Crippen MR) is 73.1 cm³/mol. The largest absolute Gasteiger partial charge is 0.486 e. The van der Waals surface area contributed by atoms with Crippen molar-refractivity contribution in [1.29, 1.82) is 0 Å². The minimum Gasteiger partial charge on any atom is -0.486 e. The van der Waals surface area contributed by atoms with Crippen LogP contribution in [-0.4, -0.2) is 22.8 Å². The maximum absolute atomic E-state index is 6.12. The number of nitrogens with zero attached hydrogens (tertiary/aromatic N) is 2. The zero-order chi connectivity index (χ0) is 13.4. The van der Waals surface area contributed by atoms with Crippen molar-refractivity contribution in [2.45, 2.75) is 19.8 Å². The smallest absolute Gasteiger partial charge is 0.163 e. The molecule has 0 bridgehead atoms. The number of nitrogens with two attached hydrogens (primary N) is 1. The van der Waals surface area contributed by atoms with Crippen LogP contribution in [0.5, 0.6) is 11.5 Å². The highest BCUT2D eigenvalue weighted by Crippen LogP contribution is 2.36. The Kier molecular flexibility index (Phi) is 2.81. The molecule has 0 spiro atoms. The van der Waals surface area contributed by atoms with E-state index in [4.69, 9.17) is 15.2 Å². The number of rotatable bonds is 2. The van der Waals surface area contributed by atoms with E-state index in [1.807, 2.05) is 22.9 Å². The molecule has 3 rings (SSSR count). The van der Waals surface area contributed by atoms with Gasteiger partial charge in [-0.05, 0) is 0 Å². The summed E-state index contributed by atoms with van der Waals surface area (Å²) in [4.78, 5) is 4.38. The molecule has 2 aromatic rings. The van der Waals surface area contributed by atoms with Crippen molar-refractivity contribution in [3.05, 3.63) is 30.4 Å². The van der Waals surface area contributed by atoms with Gasteiger partial charge in [-0.1, -0.05) is 13.8 Å². The molecule has 0 saturated heterocycles. The van der Waals surface area contributed by atoms with Crippen molar-refractivity contribution in [3.8, 4) is 17.2 Å². The third-order valence-corrected chi connectivity index (χ3v) is 3.14. The number of hydrogen-bond acceptors (Lipinski definition) is 4. The molecule has 1 aromatic carbocycles. The number of imidazole rings is 1. The molecule has 1 aromatic heterocycles. The van der Waals surface area contributed by atoms with Gasteiger partial charge in [0.2, 0.25) is 0 Å². The third-order valence-electron chi connectivity index (χ3n) is 3.14. The van der Waals surface area contributed by atoms with Gasteiger partial charge in [-0.15, -0.1) is 0 Å². The number of ether oxygens (including phenoxy) is 2. The molecule has 1 aliphatic rings. The Labute approximate surface area is 112 Å². The van der Waals surface area contributed by atoms with Gasteiger partial charge in [0.25, 0.3) is 0 Å². The van der Waals surface area contributed by atoms with Gasteiger partial charge in [0, 0.05) is 30.4 Å². The van der Waals surface area contributed by atoms with Crippen molar-refractivity contribution >= 4 is 5.69 Å². The van der Waals surface area contributed by atoms with Gasteiger partial charge in [0.05, 0.1) is 11.4 Å². The minimum atomic E-state index is 0.322. The topological polar surface area (TPSA) is 62.3 Å². The van der Waals surface area contributed by atoms with Crippen molar-refractivity contribution < 1.29 is 9.47 Å². The molecule has 5 heteroatoms. The summed E-state index contributed by atoms with van der Waals surface area (Å²) in [5.41, 5.74) is 7.66. The average Bonchev–Trinajstić information content (AvgIpc) is 2.87. The number of aromatic nitrogens is 2. The lowest BCUT2D eigenvalue weighted by molar-refractivity contribution is 0.171. The van der Waals surface area contributed by atoms with Crippen LogP contribution >= 0.6 is 0 Å². The number of hydrogen-bond donors (Lipinski definition) is 1. The first-order chi connectivity index (χ1) is 9.16. The fraction of sp³-hybridized carbons (Fsp3) is 0.357. The van der Waals surface area contributed by atoms with Crippen LogP contribution in [0.15, 0.2) is 24.5 Å². The Hall–Kier alpha value is -2.17. The van der Waals surface area contributed by atoms with E-state index in [1.54, 1.807) is 6.20 Å². The summed E-state index contributed by atoms with van der Waals surface area (Å²) in [5, 5.41) is 0. The summed E-state index contributed by atoms with van der Waals surface area (Å²) in [7, 11) is 0. The highest BCUT2D eigenvalue weighted by molar-refractivity contribution is 5.66. The summed E-state index contributed by atoms with van der Waals surface area (Å²) < 4.78 is 13.1. The second kappa shape index (κ2) is 4.50. The van der Waals surface area contributed by atoms with Crippen molar-refractivity contribution in [2.24, 2.45) is 0 Å². The molecule has 0 radical (unpaired) electrons. The molecule has 1 aliphatic heterocycles. The van der Waals surface area contributed by atoms with Crippen LogP contribution in [-0.2, 0) is 0 Å². The van der Waals surface area contributed by atoms with E-state index in [0.29, 0.717) is 30.6 Å². The number of benzene rings is 1. The zero-order valence-electron chi connectivity index (χ0n) is 11.1. The quantitative estimate of drug-likeness (QED) is 0.841. The van der Waals surface area contributed by atoms with Crippen LogP contribution in [0, 0.1) is 0 Å². The summed E-state index contributed by atoms with van der Waals surface area (Å²) in [6.45, 7) is 5.34. The average molecular weight is 259 g/mol. The Balaban J connectivity index is 2.12. The van der Waals surface area contributed by atoms with Crippen LogP contribution < -0.4 is 15.2 Å². The van der Waals surface area contributed by atoms with Crippen LogP contribution in [0.25, 0.3) is 5.69 Å². The summed E-state index contributed by atoms with van der Waals surface area (Å²) in [5.74, 6) is 2.74. The molecule has 0 amide bonds. The van der Waals surface area contributed by atoms with Gasteiger partial charge in [-0.2, -0.15) is 0 Å². The van der Waals surface area contributed by atoms with Gasteiger partial charge in [0.15, 0.2) is 11.5 Å². The molecule has 100 valence electrons. The van der Waals surface area contributed by atoms with E-state index >= 15 is 0 Å². The van der Waals surface area contributed by atoms with E-state index < -0.39 is 0 Å². The van der Waals surface area contributed by atoms with E-state index in [2.05, 4.69) is 18.8 Å². The van der Waals surface area contributed by atoms with Gasteiger partial charge in [-0.3, -0.25) is 0 Å². The van der Waals surface area contributed by atoms with Gasteiger partial charge in [-0.25, -0.2) is 4.98 Å². The molecule has 2 heterocycles.